The van der Waals surface area contributed by atoms with E-state index in [1.54, 1.807) is 6.07 Å². The molecule has 1 fully saturated rings. The third-order valence-electron chi connectivity index (χ3n) is 3.89. The molecule has 0 bridgehead atoms. The van der Waals surface area contributed by atoms with E-state index >= 15 is 0 Å². The van der Waals surface area contributed by atoms with E-state index in [0.29, 0.717) is 11.3 Å². The number of aromatic nitrogens is 1. The van der Waals surface area contributed by atoms with E-state index in [1.807, 2.05) is 16.7 Å². The first-order valence-corrected chi connectivity index (χ1v) is 7.91. The van der Waals surface area contributed by atoms with Crippen LogP contribution in [0.25, 0.3) is 10.9 Å². The summed E-state index contributed by atoms with van der Waals surface area (Å²) < 4.78 is 2.84. The van der Waals surface area contributed by atoms with Crippen LogP contribution in [-0.2, 0) is 6.54 Å². The first-order valence-electron chi connectivity index (χ1n) is 6.83. The van der Waals surface area contributed by atoms with Gasteiger partial charge in [0.2, 0.25) is 5.43 Å². The summed E-state index contributed by atoms with van der Waals surface area (Å²) >= 11 is 2.13. The zero-order chi connectivity index (χ0) is 15.0. The Hall–Kier alpha value is -1.12. The number of halogens is 2. The first-order chi connectivity index (χ1) is 10.1. The van der Waals surface area contributed by atoms with Crippen molar-refractivity contribution in [1.82, 2.24) is 9.88 Å². The number of rotatable bonds is 3. The van der Waals surface area contributed by atoms with Crippen molar-refractivity contribution in [3.05, 3.63) is 43.8 Å². The molecule has 1 atom stereocenters. The molecule has 1 aliphatic heterocycles. The fourth-order valence-corrected chi connectivity index (χ4v) is 3.31. The van der Waals surface area contributed by atoms with E-state index in [2.05, 4.69) is 27.9 Å². The molecule has 5 nitrogen and oxygen atoms in total. The zero-order valence-electron chi connectivity index (χ0n) is 11.7. The number of nitrogens with zero attached hydrogens (tertiary/aromatic N) is 1. The standard InChI is InChI=1S/C15H15IN2O3.ClH/c16-10-1-2-13-11(5-10)14(19)12(15(20)21)8-18(13)7-9-3-4-17-6-9;/h1-2,5,8-9,17H,3-4,6-7H2,(H,20,21);1H. The predicted molar refractivity (Wildman–Crippen MR) is 96.1 cm³/mol. The molecule has 2 aromatic rings. The summed E-state index contributed by atoms with van der Waals surface area (Å²) in [6.07, 6.45) is 2.55. The second-order valence-corrected chi connectivity index (χ2v) is 6.60. The van der Waals surface area contributed by atoms with Crippen molar-refractivity contribution in [3.63, 3.8) is 0 Å². The van der Waals surface area contributed by atoms with Crippen LogP contribution in [-0.4, -0.2) is 28.7 Å². The van der Waals surface area contributed by atoms with E-state index in [0.717, 1.165) is 35.1 Å². The molecule has 22 heavy (non-hydrogen) atoms. The third-order valence-corrected chi connectivity index (χ3v) is 4.56. The summed E-state index contributed by atoms with van der Waals surface area (Å²) in [7, 11) is 0. The molecule has 2 heterocycles. The SMILES string of the molecule is Cl.O=C(O)c1cn(CC2CCNC2)c2ccc(I)cc2c1=O. The first kappa shape index (κ1) is 17.2. The van der Waals surface area contributed by atoms with Crippen LogP contribution in [0.2, 0.25) is 0 Å². The van der Waals surface area contributed by atoms with Crippen molar-refractivity contribution in [2.75, 3.05) is 13.1 Å². The Kier molecular flexibility index (Phi) is 5.46. The van der Waals surface area contributed by atoms with Crippen LogP contribution in [0.3, 0.4) is 0 Å². The molecule has 0 aliphatic carbocycles. The largest absolute Gasteiger partial charge is 0.477 e. The van der Waals surface area contributed by atoms with Gasteiger partial charge in [0.1, 0.15) is 5.56 Å². The zero-order valence-corrected chi connectivity index (χ0v) is 14.7. The maximum Gasteiger partial charge on any atom is 0.341 e. The molecule has 118 valence electrons. The molecular formula is C15H16ClIN2O3. The van der Waals surface area contributed by atoms with Crippen molar-refractivity contribution in [3.8, 4) is 0 Å². The maximum absolute atomic E-state index is 12.3. The molecule has 0 spiro atoms. The van der Waals surface area contributed by atoms with Gasteiger partial charge >= 0.3 is 5.97 Å². The Morgan fingerprint density at radius 3 is 2.86 bits per heavy atom. The molecule has 0 amide bonds. The minimum atomic E-state index is -1.17. The number of fused-ring (bicyclic) bond motifs is 1. The number of aromatic carboxylic acids is 1. The number of pyridine rings is 1. The van der Waals surface area contributed by atoms with Gasteiger partial charge in [-0.1, -0.05) is 0 Å². The van der Waals surface area contributed by atoms with E-state index < -0.39 is 11.4 Å². The highest BCUT2D eigenvalue weighted by atomic mass is 127. The fraction of sp³-hybridized carbons (Fsp3) is 0.333. The van der Waals surface area contributed by atoms with E-state index in [4.69, 9.17) is 0 Å². The van der Waals surface area contributed by atoms with Crippen LogP contribution in [0.1, 0.15) is 16.8 Å². The Labute approximate surface area is 147 Å². The highest BCUT2D eigenvalue weighted by Gasteiger charge is 2.19. The average Bonchev–Trinajstić information content (AvgIpc) is 2.94. The van der Waals surface area contributed by atoms with Crippen molar-refractivity contribution >= 4 is 51.9 Å². The van der Waals surface area contributed by atoms with Gasteiger partial charge in [-0.05, 0) is 66.2 Å². The predicted octanol–water partition coefficient (Wildman–Crippen LogP) is 2.34. The highest BCUT2D eigenvalue weighted by molar-refractivity contribution is 14.1. The van der Waals surface area contributed by atoms with Crippen LogP contribution in [0.4, 0.5) is 0 Å². The van der Waals surface area contributed by atoms with Crippen LogP contribution in [0.5, 0.6) is 0 Å². The number of benzene rings is 1. The second kappa shape index (κ2) is 6.97. The number of nitrogens with one attached hydrogen (secondary N) is 1. The Morgan fingerprint density at radius 1 is 1.45 bits per heavy atom. The molecule has 0 radical (unpaired) electrons. The van der Waals surface area contributed by atoms with Crippen LogP contribution in [0.15, 0.2) is 29.2 Å². The molecule has 3 rings (SSSR count). The van der Waals surface area contributed by atoms with Gasteiger partial charge in [-0.2, -0.15) is 0 Å². The van der Waals surface area contributed by atoms with Gasteiger partial charge in [0.25, 0.3) is 0 Å². The van der Waals surface area contributed by atoms with Crippen molar-refractivity contribution < 1.29 is 9.90 Å². The molecule has 0 saturated carbocycles. The number of hydrogen-bond acceptors (Lipinski definition) is 3. The lowest BCUT2D eigenvalue weighted by molar-refractivity contribution is 0.0694. The topological polar surface area (TPSA) is 71.3 Å². The van der Waals surface area contributed by atoms with Gasteiger partial charge in [0.05, 0.1) is 5.52 Å². The summed E-state index contributed by atoms with van der Waals surface area (Å²) in [5.41, 5.74) is 0.240. The minimum Gasteiger partial charge on any atom is -0.477 e. The van der Waals surface area contributed by atoms with Crippen LogP contribution >= 0.6 is 35.0 Å². The summed E-state index contributed by atoms with van der Waals surface area (Å²) in [5.74, 6) is -0.698. The van der Waals surface area contributed by atoms with Crippen LogP contribution in [0, 0.1) is 9.49 Å². The van der Waals surface area contributed by atoms with E-state index in [-0.39, 0.29) is 18.0 Å². The second-order valence-electron chi connectivity index (χ2n) is 5.35. The molecule has 2 N–H and O–H groups in total. The lowest BCUT2D eigenvalue weighted by Crippen LogP contribution is -2.21. The van der Waals surface area contributed by atoms with Gasteiger partial charge < -0.3 is 15.0 Å². The Bertz CT molecular complexity index is 769. The van der Waals surface area contributed by atoms with Gasteiger partial charge in [-0.15, -0.1) is 12.4 Å². The highest BCUT2D eigenvalue weighted by Crippen LogP contribution is 2.19. The maximum atomic E-state index is 12.3. The lowest BCUT2D eigenvalue weighted by atomic mass is 10.1. The Balaban J connectivity index is 0.00000176. The summed E-state index contributed by atoms with van der Waals surface area (Å²) in [5, 5.41) is 13.0. The van der Waals surface area contributed by atoms with Crippen molar-refractivity contribution in [2.45, 2.75) is 13.0 Å². The fourth-order valence-electron chi connectivity index (χ4n) is 2.82. The summed E-state index contributed by atoms with van der Waals surface area (Å²) in [6, 6.07) is 5.59. The normalized spacial score (nSPS) is 17.4. The summed E-state index contributed by atoms with van der Waals surface area (Å²) in [6.45, 7) is 2.65. The molecule has 1 unspecified atom stereocenters. The Morgan fingerprint density at radius 2 is 2.23 bits per heavy atom. The molecular weight excluding hydrogens is 419 g/mol. The minimum absolute atomic E-state index is 0. The van der Waals surface area contributed by atoms with Gasteiger partial charge in [-0.3, -0.25) is 4.79 Å². The molecule has 1 aromatic heterocycles. The van der Waals surface area contributed by atoms with Crippen LogP contribution < -0.4 is 10.7 Å². The average molecular weight is 435 g/mol. The molecule has 7 heteroatoms. The van der Waals surface area contributed by atoms with Gasteiger partial charge in [-0.25, -0.2) is 4.79 Å². The molecule has 1 aliphatic rings. The number of carbonyl (C=O) groups is 1. The third kappa shape index (κ3) is 3.28. The van der Waals surface area contributed by atoms with E-state index in [1.165, 1.54) is 6.20 Å². The van der Waals surface area contributed by atoms with Gasteiger partial charge in [0, 0.05) is 21.7 Å². The van der Waals surface area contributed by atoms with Gasteiger partial charge in [0.15, 0.2) is 0 Å². The lowest BCUT2D eigenvalue weighted by Gasteiger charge is -2.16. The smallest absolute Gasteiger partial charge is 0.341 e. The van der Waals surface area contributed by atoms with Crippen molar-refractivity contribution in [1.29, 1.82) is 0 Å². The number of carboxylic acids is 1. The number of hydrogen-bond donors (Lipinski definition) is 2. The number of carboxylic acid groups (broad SMARTS) is 1. The monoisotopic (exact) mass is 434 g/mol. The summed E-state index contributed by atoms with van der Waals surface area (Å²) in [4.78, 5) is 23.6. The molecule has 1 aromatic carbocycles. The molecule has 1 saturated heterocycles. The van der Waals surface area contributed by atoms with Crippen molar-refractivity contribution in [2.24, 2.45) is 5.92 Å². The quantitative estimate of drug-likeness (QED) is 0.728. The van der Waals surface area contributed by atoms with E-state index in [9.17, 15) is 14.7 Å².